The minimum atomic E-state index is 0.0296. The molecule has 114 valence electrons. The summed E-state index contributed by atoms with van der Waals surface area (Å²) in [5, 5.41) is 3.35. The first-order chi connectivity index (χ1) is 9.32. The molecule has 1 rings (SSSR count). The van der Waals surface area contributed by atoms with Crippen molar-refractivity contribution >= 4 is 0 Å². The Morgan fingerprint density at radius 2 is 1.95 bits per heavy atom. The zero-order valence-corrected chi connectivity index (χ0v) is 13.8. The van der Waals surface area contributed by atoms with Crippen LogP contribution < -0.4 is 10.1 Å². The predicted octanol–water partition coefficient (Wildman–Crippen LogP) is 2.43. The molecule has 4 nitrogen and oxygen atoms in total. The number of hydrogen-bond donors (Lipinski definition) is 1. The lowest BCUT2D eigenvalue weighted by atomic mass is 9.91. The maximum atomic E-state index is 5.79. The zero-order chi connectivity index (χ0) is 15.2. The van der Waals surface area contributed by atoms with E-state index in [1.807, 2.05) is 20.2 Å². The van der Waals surface area contributed by atoms with Crippen molar-refractivity contribution in [1.29, 1.82) is 0 Å². The molecule has 0 saturated carbocycles. The first kappa shape index (κ1) is 16.9. The van der Waals surface area contributed by atoms with Crippen LogP contribution in [-0.2, 0) is 12.0 Å². The molecule has 0 radical (unpaired) electrons. The molecule has 20 heavy (non-hydrogen) atoms. The van der Waals surface area contributed by atoms with Crippen LogP contribution in [0.3, 0.4) is 0 Å². The standard InChI is InChI=1S/C16H29N3O/c1-7-17-12-13-10-14(16(2,3)4)18-15(11-13)20-9-8-19(5)6/h10-11,17H,7-9,12H2,1-6H3. The molecule has 1 aromatic heterocycles. The van der Waals surface area contributed by atoms with E-state index in [9.17, 15) is 0 Å². The topological polar surface area (TPSA) is 37.4 Å². The van der Waals surface area contributed by atoms with Crippen molar-refractivity contribution in [3.63, 3.8) is 0 Å². The maximum Gasteiger partial charge on any atom is 0.213 e. The van der Waals surface area contributed by atoms with Gasteiger partial charge in [-0.1, -0.05) is 27.7 Å². The Morgan fingerprint density at radius 1 is 1.25 bits per heavy atom. The Labute approximate surface area is 123 Å². The molecule has 0 aliphatic carbocycles. The minimum absolute atomic E-state index is 0.0296. The second-order valence-electron chi connectivity index (χ2n) is 6.38. The van der Waals surface area contributed by atoms with Gasteiger partial charge in [-0.15, -0.1) is 0 Å². The fraction of sp³-hybridized carbons (Fsp3) is 0.688. The largest absolute Gasteiger partial charge is 0.476 e. The van der Waals surface area contributed by atoms with Gasteiger partial charge in [0, 0.05) is 24.6 Å². The Bertz CT molecular complexity index is 411. The molecule has 0 unspecified atom stereocenters. The average Bonchev–Trinajstić information content (AvgIpc) is 2.34. The van der Waals surface area contributed by atoms with Gasteiger partial charge in [-0.25, -0.2) is 4.98 Å². The summed E-state index contributed by atoms with van der Waals surface area (Å²) in [6.07, 6.45) is 0. The fourth-order valence-electron chi connectivity index (χ4n) is 1.72. The number of rotatable bonds is 7. The number of nitrogens with zero attached hydrogens (tertiary/aromatic N) is 2. The molecule has 0 spiro atoms. The van der Waals surface area contributed by atoms with Crippen molar-refractivity contribution in [3.8, 4) is 5.88 Å². The number of ether oxygens (including phenoxy) is 1. The summed E-state index contributed by atoms with van der Waals surface area (Å²) in [5.41, 5.74) is 2.33. The van der Waals surface area contributed by atoms with Gasteiger partial charge in [0.2, 0.25) is 5.88 Å². The minimum Gasteiger partial charge on any atom is -0.476 e. The molecule has 0 aliphatic heterocycles. The van der Waals surface area contributed by atoms with E-state index < -0.39 is 0 Å². The van der Waals surface area contributed by atoms with E-state index in [4.69, 9.17) is 4.74 Å². The van der Waals surface area contributed by atoms with Gasteiger partial charge in [0.1, 0.15) is 6.61 Å². The van der Waals surface area contributed by atoms with Crippen LogP contribution in [0, 0.1) is 0 Å². The highest BCUT2D eigenvalue weighted by molar-refractivity contribution is 5.28. The van der Waals surface area contributed by atoms with Gasteiger partial charge >= 0.3 is 0 Å². The van der Waals surface area contributed by atoms with Crippen LogP contribution in [-0.4, -0.2) is 43.7 Å². The predicted molar refractivity (Wildman–Crippen MR) is 84.4 cm³/mol. The number of nitrogens with one attached hydrogen (secondary N) is 1. The van der Waals surface area contributed by atoms with Crippen LogP contribution in [0.15, 0.2) is 12.1 Å². The van der Waals surface area contributed by atoms with Crippen molar-refractivity contribution in [3.05, 3.63) is 23.4 Å². The quantitative estimate of drug-likeness (QED) is 0.832. The SMILES string of the molecule is CCNCc1cc(OCCN(C)C)nc(C(C)(C)C)c1. The summed E-state index contributed by atoms with van der Waals surface area (Å²) in [6, 6.07) is 4.20. The van der Waals surface area contributed by atoms with Crippen molar-refractivity contribution in [1.82, 2.24) is 15.2 Å². The number of hydrogen-bond acceptors (Lipinski definition) is 4. The van der Waals surface area contributed by atoms with Crippen LogP contribution in [0.4, 0.5) is 0 Å². The summed E-state index contributed by atoms with van der Waals surface area (Å²) in [7, 11) is 4.08. The van der Waals surface area contributed by atoms with Crippen molar-refractivity contribution < 1.29 is 4.74 Å². The number of aromatic nitrogens is 1. The van der Waals surface area contributed by atoms with Gasteiger partial charge in [0.05, 0.1) is 5.69 Å². The summed E-state index contributed by atoms with van der Waals surface area (Å²) < 4.78 is 5.79. The molecule has 0 bridgehead atoms. The van der Waals surface area contributed by atoms with Crippen LogP contribution in [0.1, 0.15) is 39.0 Å². The number of pyridine rings is 1. The molecule has 1 heterocycles. The molecule has 4 heteroatoms. The zero-order valence-electron chi connectivity index (χ0n) is 13.8. The van der Waals surface area contributed by atoms with Crippen LogP contribution >= 0.6 is 0 Å². The summed E-state index contributed by atoms with van der Waals surface area (Å²) in [6.45, 7) is 12.0. The molecular weight excluding hydrogens is 250 g/mol. The van der Waals surface area contributed by atoms with Crippen LogP contribution in [0.5, 0.6) is 5.88 Å². The molecule has 1 N–H and O–H groups in total. The van der Waals surface area contributed by atoms with Gasteiger partial charge in [-0.3, -0.25) is 0 Å². The molecule has 1 aromatic rings. The second-order valence-corrected chi connectivity index (χ2v) is 6.38. The van der Waals surface area contributed by atoms with E-state index in [1.165, 1.54) is 5.56 Å². The lowest BCUT2D eigenvalue weighted by Crippen LogP contribution is -2.21. The summed E-state index contributed by atoms with van der Waals surface area (Å²) in [4.78, 5) is 6.75. The monoisotopic (exact) mass is 279 g/mol. The van der Waals surface area contributed by atoms with Gasteiger partial charge in [-0.05, 0) is 32.3 Å². The Morgan fingerprint density at radius 3 is 2.50 bits per heavy atom. The van der Waals surface area contributed by atoms with Crippen molar-refractivity contribution in [2.24, 2.45) is 0 Å². The van der Waals surface area contributed by atoms with E-state index in [1.54, 1.807) is 0 Å². The van der Waals surface area contributed by atoms with Crippen molar-refractivity contribution in [2.75, 3.05) is 33.8 Å². The second kappa shape index (κ2) is 7.60. The highest BCUT2D eigenvalue weighted by Crippen LogP contribution is 2.24. The molecule has 0 aliphatic rings. The molecule has 0 amide bonds. The third kappa shape index (κ3) is 5.88. The first-order valence-corrected chi connectivity index (χ1v) is 7.32. The fourth-order valence-corrected chi connectivity index (χ4v) is 1.72. The van der Waals surface area contributed by atoms with Crippen LogP contribution in [0.2, 0.25) is 0 Å². The van der Waals surface area contributed by atoms with E-state index >= 15 is 0 Å². The molecule has 0 aromatic carbocycles. The normalized spacial score (nSPS) is 11.9. The molecular formula is C16H29N3O. The highest BCUT2D eigenvalue weighted by atomic mass is 16.5. The summed E-state index contributed by atoms with van der Waals surface area (Å²) in [5.74, 6) is 0.729. The van der Waals surface area contributed by atoms with Crippen molar-refractivity contribution in [2.45, 2.75) is 39.7 Å². The third-order valence-electron chi connectivity index (χ3n) is 3.00. The summed E-state index contributed by atoms with van der Waals surface area (Å²) >= 11 is 0. The molecule has 0 fully saturated rings. The maximum absolute atomic E-state index is 5.79. The Kier molecular flexibility index (Phi) is 6.43. The first-order valence-electron chi connectivity index (χ1n) is 7.32. The van der Waals surface area contributed by atoms with Gasteiger partial charge in [-0.2, -0.15) is 0 Å². The molecule has 0 atom stereocenters. The highest BCUT2D eigenvalue weighted by Gasteiger charge is 2.17. The average molecular weight is 279 g/mol. The Balaban J connectivity index is 2.86. The van der Waals surface area contributed by atoms with E-state index in [-0.39, 0.29) is 5.41 Å². The number of likely N-dealkylation sites (N-methyl/N-ethyl adjacent to an activating group) is 1. The smallest absolute Gasteiger partial charge is 0.213 e. The van der Waals surface area contributed by atoms with E-state index in [2.05, 4.69) is 49.0 Å². The van der Waals surface area contributed by atoms with Gasteiger partial charge in [0.25, 0.3) is 0 Å². The van der Waals surface area contributed by atoms with E-state index in [0.29, 0.717) is 6.61 Å². The lowest BCUT2D eigenvalue weighted by molar-refractivity contribution is 0.252. The van der Waals surface area contributed by atoms with Crippen LogP contribution in [0.25, 0.3) is 0 Å². The molecule has 0 saturated heterocycles. The van der Waals surface area contributed by atoms with Gasteiger partial charge < -0.3 is 15.0 Å². The Hall–Kier alpha value is -1.13. The van der Waals surface area contributed by atoms with E-state index in [0.717, 1.165) is 31.2 Å². The third-order valence-corrected chi connectivity index (χ3v) is 3.00. The van der Waals surface area contributed by atoms with Gasteiger partial charge in [0.15, 0.2) is 0 Å². The lowest BCUT2D eigenvalue weighted by Gasteiger charge is -2.20.